The van der Waals surface area contributed by atoms with Gasteiger partial charge in [-0.1, -0.05) is 79.1 Å². The van der Waals surface area contributed by atoms with E-state index in [1.165, 1.54) is 51.4 Å². The molecule has 136 valence electrons. The minimum atomic E-state index is -2.62. The normalized spacial score (nSPS) is 15.1. The Morgan fingerprint density at radius 1 is 0.818 bits per heavy atom. The highest BCUT2D eigenvalue weighted by Crippen LogP contribution is 2.33. The smallest absolute Gasteiger partial charge is 0.324 e. The molecule has 4 nitrogen and oxygen atoms in total. The van der Waals surface area contributed by atoms with E-state index in [4.69, 9.17) is 14.7 Å². The van der Waals surface area contributed by atoms with Crippen LogP contribution in [0.4, 0.5) is 0 Å². The average Bonchev–Trinajstić information content (AvgIpc) is 2.47. The third kappa shape index (κ3) is 18.6. The molecule has 0 amide bonds. The molecule has 6 heteroatoms. The van der Waals surface area contributed by atoms with E-state index in [9.17, 15) is 4.57 Å². The average molecular weight is 356 g/mol. The molecule has 0 saturated carbocycles. The van der Waals surface area contributed by atoms with Crippen molar-refractivity contribution in [3.63, 3.8) is 0 Å². The van der Waals surface area contributed by atoms with Gasteiger partial charge in [-0.2, -0.15) is 0 Å². The molecule has 0 aliphatic rings. The Morgan fingerprint density at radius 3 is 1.36 bits per heavy atom. The summed E-state index contributed by atoms with van der Waals surface area (Å²) in [5, 5.41) is 0. The van der Waals surface area contributed by atoms with E-state index in [1.807, 2.05) is 0 Å². The van der Waals surface area contributed by atoms with E-state index in [0.717, 1.165) is 24.2 Å². The van der Waals surface area contributed by atoms with Gasteiger partial charge in [0.2, 0.25) is 0 Å². The van der Waals surface area contributed by atoms with Crippen molar-refractivity contribution in [3.8, 4) is 0 Å². The van der Waals surface area contributed by atoms with Gasteiger partial charge in [-0.25, -0.2) is 0 Å². The number of hydrogen-bond acceptors (Lipinski definition) is 4. The number of rotatable bonds is 12. The maximum absolute atomic E-state index is 12.3. The standard InChI is InChI=1S/C16H35OP.H3O3P/c1-5-9-11-15(7-3)13-18(17)14-16(8-4)12-10-6-2;1-4(2)3/h15-16,18H,5-14H2,1-4H3;1-3H. The molecule has 22 heavy (non-hydrogen) atoms. The Bertz CT molecular complexity index is 228. The van der Waals surface area contributed by atoms with Gasteiger partial charge in [0.05, 0.1) is 7.80 Å². The predicted molar refractivity (Wildman–Crippen MR) is 98.9 cm³/mol. The molecule has 0 aromatic rings. The molecule has 0 rings (SSSR count). The topological polar surface area (TPSA) is 77.8 Å². The SMILES string of the molecule is CCCCC(CC)C[PH](=O)CC(CC)CCCC.OP(O)O. The lowest BCUT2D eigenvalue weighted by Gasteiger charge is -2.18. The molecule has 0 radical (unpaired) electrons. The van der Waals surface area contributed by atoms with E-state index in [1.54, 1.807) is 0 Å². The highest BCUT2D eigenvalue weighted by molar-refractivity contribution is 7.44. The lowest BCUT2D eigenvalue weighted by molar-refractivity contribution is 0.368. The zero-order valence-corrected chi connectivity index (χ0v) is 16.8. The number of hydrogen-bond donors (Lipinski definition) is 3. The molecule has 0 heterocycles. The molecule has 0 fully saturated rings. The summed E-state index contributed by atoms with van der Waals surface area (Å²) < 4.78 is 12.3. The molecular formula is C16H38O4P2. The van der Waals surface area contributed by atoms with Crippen molar-refractivity contribution in [2.24, 2.45) is 11.8 Å². The zero-order chi connectivity index (χ0) is 17.4. The van der Waals surface area contributed by atoms with Crippen LogP contribution in [0, 0.1) is 11.8 Å². The first-order valence-electron chi connectivity index (χ1n) is 8.79. The van der Waals surface area contributed by atoms with Crippen LogP contribution in [0.1, 0.15) is 79.1 Å². The van der Waals surface area contributed by atoms with Crippen molar-refractivity contribution in [1.29, 1.82) is 0 Å². The zero-order valence-electron chi connectivity index (χ0n) is 14.9. The van der Waals surface area contributed by atoms with Gasteiger partial charge in [0.25, 0.3) is 0 Å². The quantitative estimate of drug-likeness (QED) is 0.422. The van der Waals surface area contributed by atoms with Crippen LogP contribution in [0.3, 0.4) is 0 Å². The fourth-order valence-electron chi connectivity index (χ4n) is 2.61. The van der Waals surface area contributed by atoms with Gasteiger partial charge in [0.1, 0.15) is 0 Å². The number of unbranched alkanes of at least 4 members (excludes halogenated alkanes) is 2. The van der Waals surface area contributed by atoms with Gasteiger partial charge in [-0.15, -0.1) is 0 Å². The minimum Gasteiger partial charge on any atom is -0.328 e. The van der Waals surface area contributed by atoms with Crippen molar-refractivity contribution < 1.29 is 19.2 Å². The summed E-state index contributed by atoms with van der Waals surface area (Å²) in [4.78, 5) is 21.7. The Balaban J connectivity index is 0. The van der Waals surface area contributed by atoms with Gasteiger partial charge >= 0.3 is 8.60 Å². The summed E-state index contributed by atoms with van der Waals surface area (Å²) >= 11 is 0. The molecule has 0 spiro atoms. The van der Waals surface area contributed by atoms with Crippen LogP contribution >= 0.6 is 16.4 Å². The molecule has 0 aliphatic carbocycles. The fraction of sp³-hybridized carbons (Fsp3) is 1.00. The third-order valence-electron chi connectivity index (χ3n) is 4.12. The maximum Gasteiger partial charge on any atom is 0.324 e. The molecule has 0 aromatic heterocycles. The van der Waals surface area contributed by atoms with Crippen molar-refractivity contribution >= 4 is 16.4 Å². The largest absolute Gasteiger partial charge is 0.328 e. The molecule has 3 N–H and O–H groups in total. The Hall–Kier alpha value is 0.540. The molecular weight excluding hydrogens is 318 g/mol. The second-order valence-electron chi connectivity index (χ2n) is 6.05. The minimum absolute atomic E-state index is 0.722. The summed E-state index contributed by atoms with van der Waals surface area (Å²) in [5.41, 5.74) is 0. The van der Waals surface area contributed by atoms with Gasteiger partial charge in [0, 0.05) is 12.3 Å². The fourth-order valence-corrected chi connectivity index (χ4v) is 5.05. The summed E-state index contributed by atoms with van der Waals surface area (Å²) in [6.45, 7) is 9.00. The van der Waals surface area contributed by atoms with Crippen molar-refractivity contribution in [2.75, 3.05) is 12.3 Å². The molecule has 0 aliphatic heterocycles. The van der Waals surface area contributed by atoms with Crippen molar-refractivity contribution in [1.82, 2.24) is 0 Å². The predicted octanol–water partition coefficient (Wildman–Crippen LogP) is 5.17. The monoisotopic (exact) mass is 356 g/mol. The van der Waals surface area contributed by atoms with Gasteiger partial charge < -0.3 is 19.2 Å². The second kappa shape index (κ2) is 17.9. The lowest BCUT2D eigenvalue weighted by Crippen LogP contribution is -2.07. The first kappa shape index (κ1) is 24.8. The Labute approximate surface area is 139 Å². The summed E-state index contributed by atoms with van der Waals surface area (Å²) in [6.07, 6.45) is 12.2. The van der Waals surface area contributed by atoms with E-state index in [2.05, 4.69) is 27.7 Å². The first-order chi connectivity index (χ1) is 10.4. The first-order valence-corrected chi connectivity index (χ1v) is 11.8. The van der Waals surface area contributed by atoms with Gasteiger partial charge in [-0.3, -0.25) is 0 Å². The third-order valence-corrected chi connectivity index (χ3v) is 6.18. The molecule has 0 aromatic carbocycles. The lowest BCUT2D eigenvalue weighted by atomic mass is 10.0. The van der Waals surface area contributed by atoms with Crippen LogP contribution in [-0.2, 0) is 4.57 Å². The van der Waals surface area contributed by atoms with E-state index >= 15 is 0 Å². The highest BCUT2D eigenvalue weighted by Gasteiger charge is 2.14. The summed E-state index contributed by atoms with van der Waals surface area (Å²) in [5.74, 6) is 1.44. The van der Waals surface area contributed by atoms with Crippen LogP contribution in [-0.4, -0.2) is 27.0 Å². The molecule has 2 unspecified atom stereocenters. The van der Waals surface area contributed by atoms with Crippen molar-refractivity contribution in [3.05, 3.63) is 0 Å². The highest BCUT2D eigenvalue weighted by atomic mass is 31.2. The van der Waals surface area contributed by atoms with Crippen LogP contribution in [0.15, 0.2) is 0 Å². The Kier molecular flexibility index (Phi) is 20.2. The molecule has 2 atom stereocenters. The van der Waals surface area contributed by atoms with Gasteiger partial charge in [0.15, 0.2) is 0 Å². The van der Waals surface area contributed by atoms with Crippen LogP contribution in [0.2, 0.25) is 0 Å². The van der Waals surface area contributed by atoms with E-state index < -0.39 is 16.4 Å². The van der Waals surface area contributed by atoms with E-state index in [-0.39, 0.29) is 0 Å². The second-order valence-corrected chi connectivity index (χ2v) is 8.48. The van der Waals surface area contributed by atoms with Crippen molar-refractivity contribution in [2.45, 2.75) is 79.1 Å². The van der Waals surface area contributed by atoms with Crippen LogP contribution in [0.5, 0.6) is 0 Å². The summed E-state index contributed by atoms with van der Waals surface area (Å²) in [6, 6.07) is 0. The van der Waals surface area contributed by atoms with Crippen LogP contribution < -0.4 is 0 Å². The van der Waals surface area contributed by atoms with Gasteiger partial charge in [-0.05, 0) is 11.8 Å². The van der Waals surface area contributed by atoms with Crippen LogP contribution in [0.25, 0.3) is 0 Å². The summed E-state index contributed by atoms with van der Waals surface area (Å²) in [7, 11) is -3.94. The van der Waals surface area contributed by atoms with E-state index in [0.29, 0.717) is 0 Å². The molecule has 0 saturated heterocycles. The Morgan fingerprint density at radius 2 is 1.14 bits per heavy atom. The maximum atomic E-state index is 12.3. The molecule has 0 bridgehead atoms.